The summed E-state index contributed by atoms with van der Waals surface area (Å²) in [7, 11) is 0. The van der Waals surface area contributed by atoms with Crippen LogP contribution in [0, 0.1) is 0 Å². The summed E-state index contributed by atoms with van der Waals surface area (Å²) in [6.45, 7) is 0. The highest BCUT2D eigenvalue weighted by molar-refractivity contribution is 5.68. The molecule has 3 rings (SSSR count). The van der Waals surface area contributed by atoms with Gasteiger partial charge in [0.05, 0.1) is 23.0 Å². The van der Waals surface area contributed by atoms with Crippen molar-refractivity contribution in [2.24, 2.45) is 0 Å². The van der Waals surface area contributed by atoms with Gasteiger partial charge < -0.3 is 4.74 Å². The van der Waals surface area contributed by atoms with Crippen molar-refractivity contribution >= 4 is 5.52 Å². The van der Waals surface area contributed by atoms with E-state index in [1.807, 2.05) is 0 Å². The van der Waals surface area contributed by atoms with Crippen LogP contribution in [0.15, 0.2) is 42.9 Å². The van der Waals surface area contributed by atoms with Gasteiger partial charge in [0.25, 0.3) is 0 Å². The number of hydrogen-bond acceptors (Lipinski definition) is 3. The van der Waals surface area contributed by atoms with Gasteiger partial charge in [-0.2, -0.15) is 27.1 Å². The number of alkyl halides is 8. The Morgan fingerprint density at radius 2 is 1.52 bits per heavy atom. The van der Waals surface area contributed by atoms with E-state index in [0.717, 1.165) is 41.2 Å². The fourth-order valence-corrected chi connectivity index (χ4v) is 2.27. The Morgan fingerprint density at radius 3 is 2.07 bits per heavy atom. The molecule has 0 spiro atoms. The highest BCUT2D eigenvalue weighted by atomic mass is 19.4. The number of rotatable bonds is 3. The molecule has 0 atom stereocenters. The number of ether oxygens (including phenoxy) is 1. The van der Waals surface area contributed by atoms with Gasteiger partial charge in [0.1, 0.15) is 12.1 Å². The zero-order chi connectivity index (χ0) is 20.0. The molecule has 0 aliphatic heterocycles. The average Bonchev–Trinajstić information content (AvgIpc) is 2.96. The molecule has 144 valence electrons. The predicted molar refractivity (Wildman–Crippen MR) is 75.1 cm³/mol. The Labute approximate surface area is 145 Å². The molecule has 0 unspecified atom stereocenters. The van der Waals surface area contributed by atoms with Crippen molar-refractivity contribution in [3.63, 3.8) is 0 Å². The second-order valence-electron chi connectivity index (χ2n) is 5.31. The van der Waals surface area contributed by atoms with E-state index in [4.69, 9.17) is 0 Å². The molecule has 1 aromatic carbocycles. The van der Waals surface area contributed by atoms with E-state index in [9.17, 15) is 35.1 Å². The van der Waals surface area contributed by atoms with Gasteiger partial charge in [-0.05, 0) is 30.3 Å². The van der Waals surface area contributed by atoms with Crippen LogP contribution < -0.4 is 4.74 Å². The van der Waals surface area contributed by atoms with Crippen molar-refractivity contribution in [1.82, 2.24) is 14.6 Å². The van der Waals surface area contributed by atoms with E-state index >= 15 is 0 Å². The van der Waals surface area contributed by atoms with Crippen LogP contribution in [0.3, 0.4) is 0 Å². The topological polar surface area (TPSA) is 39.4 Å². The molecule has 2 heterocycles. The van der Waals surface area contributed by atoms with E-state index in [2.05, 4.69) is 14.8 Å². The van der Waals surface area contributed by atoms with E-state index in [1.54, 1.807) is 0 Å². The summed E-state index contributed by atoms with van der Waals surface area (Å²) >= 11 is 0. The van der Waals surface area contributed by atoms with Gasteiger partial charge in [-0.25, -0.2) is 9.50 Å². The molecule has 12 heteroatoms. The van der Waals surface area contributed by atoms with E-state index < -0.39 is 35.3 Å². The normalized spacial score (nSPS) is 13.2. The summed E-state index contributed by atoms with van der Waals surface area (Å²) < 4.78 is 106. The van der Waals surface area contributed by atoms with E-state index in [0.29, 0.717) is 6.20 Å². The van der Waals surface area contributed by atoms with Crippen molar-refractivity contribution in [3.05, 3.63) is 48.4 Å². The molecule has 2 aromatic heterocycles. The third-order valence-electron chi connectivity index (χ3n) is 3.49. The molecule has 0 aliphatic rings. The summed E-state index contributed by atoms with van der Waals surface area (Å²) in [5.41, 5.74) is -1.77. The lowest BCUT2D eigenvalue weighted by Gasteiger charge is -2.18. The lowest BCUT2D eigenvalue weighted by molar-refractivity contribution is -0.288. The monoisotopic (exact) mass is 397 g/mol. The molecule has 0 radical (unpaired) electrons. The third kappa shape index (κ3) is 3.64. The van der Waals surface area contributed by atoms with Gasteiger partial charge in [-0.1, -0.05) is 0 Å². The number of nitrogens with zero attached hydrogens (tertiary/aromatic N) is 3. The highest BCUT2D eigenvalue weighted by Gasteiger charge is 2.60. The second kappa shape index (κ2) is 6.06. The minimum absolute atomic E-state index is 0.0409. The maximum atomic E-state index is 13.6. The Hall–Kier alpha value is -2.92. The second-order valence-corrected chi connectivity index (χ2v) is 5.31. The summed E-state index contributed by atoms with van der Waals surface area (Å²) in [6, 6.07) is 5.14. The van der Waals surface area contributed by atoms with Crippen molar-refractivity contribution in [1.29, 1.82) is 0 Å². The molecule has 4 nitrogen and oxygen atoms in total. The third-order valence-corrected chi connectivity index (χ3v) is 3.49. The number of fused-ring (bicyclic) bond motifs is 1. The summed E-state index contributed by atoms with van der Waals surface area (Å²) in [6.07, 6.45) is -9.42. The van der Waals surface area contributed by atoms with Gasteiger partial charge in [0, 0.05) is 5.56 Å². The first kappa shape index (κ1) is 18.9. The van der Waals surface area contributed by atoms with Crippen LogP contribution in [0.1, 0.15) is 5.56 Å². The fraction of sp³-hybridized carbons (Fsp3) is 0.200. The standard InChI is InChI=1S/C15H7F8N3O/c16-13(17,14(18,19)20)10-6-25-26-7-24-11(5-12(10)26)8-1-3-9(4-2-8)27-15(21,22)23/h1-7H. The maximum Gasteiger partial charge on any atom is 0.573 e. The Kier molecular flexibility index (Phi) is 4.23. The molecule has 0 saturated heterocycles. The van der Waals surface area contributed by atoms with Crippen LogP contribution in [0.2, 0.25) is 0 Å². The number of hydrogen-bond donors (Lipinski definition) is 0. The largest absolute Gasteiger partial charge is 0.573 e. The SMILES string of the molecule is FC(F)(F)Oc1ccc(-c2cc3c(C(F)(F)C(F)(F)F)cnn3cn2)cc1. The zero-order valence-electron chi connectivity index (χ0n) is 12.8. The molecule has 0 aliphatic carbocycles. The highest BCUT2D eigenvalue weighted by Crippen LogP contribution is 2.45. The molecule has 0 N–H and O–H groups in total. The van der Waals surface area contributed by atoms with Crippen molar-refractivity contribution in [2.45, 2.75) is 18.5 Å². The van der Waals surface area contributed by atoms with Gasteiger partial charge in [-0.15, -0.1) is 13.2 Å². The lowest BCUT2D eigenvalue weighted by Crippen LogP contribution is -2.33. The van der Waals surface area contributed by atoms with Crippen LogP contribution in [0.5, 0.6) is 5.75 Å². The molecule has 27 heavy (non-hydrogen) atoms. The molecule has 0 bridgehead atoms. The van der Waals surface area contributed by atoms with Crippen LogP contribution in [-0.2, 0) is 5.92 Å². The first-order valence-corrected chi connectivity index (χ1v) is 7.03. The Morgan fingerprint density at radius 1 is 0.889 bits per heavy atom. The zero-order valence-corrected chi connectivity index (χ0v) is 12.8. The molecular weight excluding hydrogens is 390 g/mol. The first-order chi connectivity index (χ1) is 12.4. The quantitative estimate of drug-likeness (QED) is 0.588. The molecule has 3 aromatic rings. The Balaban J connectivity index is 2.01. The average molecular weight is 397 g/mol. The first-order valence-electron chi connectivity index (χ1n) is 7.03. The van der Waals surface area contributed by atoms with Gasteiger partial charge >= 0.3 is 18.5 Å². The van der Waals surface area contributed by atoms with Crippen LogP contribution in [0.4, 0.5) is 35.1 Å². The van der Waals surface area contributed by atoms with Gasteiger partial charge in [0.2, 0.25) is 0 Å². The molecule has 0 saturated carbocycles. The summed E-state index contributed by atoms with van der Waals surface area (Å²) in [5, 5.41) is 3.42. The van der Waals surface area contributed by atoms with Gasteiger partial charge in [-0.3, -0.25) is 0 Å². The number of benzene rings is 1. The minimum atomic E-state index is -5.82. The molecular formula is C15H7F8N3O. The molecule has 0 fully saturated rings. The van der Waals surface area contributed by atoms with E-state index in [1.165, 1.54) is 0 Å². The van der Waals surface area contributed by atoms with Crippen LogP contribution >= 0.6 is 0 Å². The molecule has 0 amide bonds. The van der Waals surface area contributed by atoms with Crippen molar-refractivity contribution < 1.29 is 39.9 Å². The van der Waals surface area contributed by atoms with Crippen molar-refractivity contribution in [2.75, 3.05) is 0 Å². The maximum absolute atomic E-state index is 13.6. The van der Waals surface area contributed by atoms with Crippen LogP contribution in [-0.4, -0.2) is 27.1 Å². The van der Waals surface area contributed by atoms with Crippen molar-refractivity contribution in [3.8, 4) is 17.0 Å². The van der Waals surface area contributed by atoms with Gasteiger partial charge in [0.15, 0.2) is 0 Å². The lowest BCUT2D eigenvalue weighted by atomic mass is 10.1. The smallest absolute Gasteiger partial charge is 0.406 e. The Bertz CT molecular complexity index is 960. The summed E-state index contributed by atoms with van der Waals surface area (Å²) in [4.78, 5) is 3.85. The predicted octanol–water partition coefficient (Wildman–Crippen LogP) is 4.95. The summed E-state index contributed by atoms with van der Waals surface area (Å²) in [5.74, 6) is -5.67. The minimum Gasteiger partial charge on any atom is -0.406 e. The van der Waals surface area contributed by atoms with Crippen LogP contribution in [0.25, 0.3) is 16.8 Å². The number of aromatic nitrogens is 3. The fourth-order valence-electron chi connectivity index (χ4n) is 2.27. The number of halogens is 8. The van der Waals surface area contributed by atoms with E-state index in [-0.39, 0.29) is 11.3 Å².